The molecule has 0 aliphatic carbocycles. The van der Waals surface area contributed by atoms with Crippen molar-refractivity contribution in [2.45, 2.75) is 6.92 Å². The molecule has 0 unspecified atom stereocenters. The molecule has 6 heteroatoms. The Morgan fingerprint density at radius 3 is 2.75 bits per heavy atom. The van der Waals surface area contributed by atoms with Crippen LogP contribution in [0, 0.1) is 12.7 Å². The zero-order valence-electron chi connectivity index (χ0n) is 15.3. The molecule has 28 heavy (non-hydrogen) atoms. The van der Waals surface area contributed by atoms with Crippen molar-refractivity contribution in [3.8, 4) is 11.4 Å². The van der Waals surface area contributed by atoms with Crippen LogP contribution >= 0.6 is 0 Å². The molecule has 0 saturated heterocycles. The van der Waals surface area contributed by atoms with Gasteiger partial charge in [-0.3, -0.25) is 4.79 Å². The standard InChI is InChI=1S/C22H17FN2O3/c1-14-19(13-24-25(14)17-8-6-16(23)7-9-17)20(26)11-10-18-12-15-4-3-5-21(27-2)22(15)28-18/h3-13H,1-2H3/b11-10+. The van der Waals surface area contributed by atoms with E-state index in [-0.39, 0.29) is 11.6 Å². The molecule has 2 aromatic carbocycles. The number of fused-ring (bicyclic) bond motifs is 1. The summed E-state index contributed by atoms with van der Waals surface area (Å²) in [5.74, 6) is 0.671. The van der Waals surface area contributed by atoms with Gasteiger partial charge in [0, 0.05) is 5.39 Å². The number of hydrogen-bond acceptors (Lipinski definition) is 4. The molecule has 0 amide bonds. The molecule has 0 radical (unpaired) electrons. The van der Waals surface area contributed by atoms with E-state index in [1.165, 1.54) is 24.4 Å². The summed E-state index contributed by atoms with van der Waals surface area (Å²) in [4.78, 5) is 12.6. The molecule has 4 rings (SSSR count). The number of methoxy groups -OCH3 is 1. The smallest absolute Gasteiger partial charge is 0.189 e. The average molecular weight is 376 g/mol. The lowest BCUT2D eigenvalue weighted by molar-refractivity contribution is 0.104. The topological polar surface area (TPSA) is 57.3 Å². The van der Waals surface area contributed by atoms with Gasteiger partial charge in [0.15, 0.2) is 17.1 Å². The molecule has 0 aliphatic heterocycles. The van der Waals surface area contributed by atoms with Crippen molar-refractivity contribution in [2.24, 2.45) is 0 Å². The highest BCUT2D eigenvalue weighted by Gasteiger charge is 2.14. The Morgan fingerprint density at radius 1 is 1.21 bits per heavy atom. The van der Waals surface area contributed by atoms with E-state index in [9.17, 15) is 9.18 Å². The summed E-state index contributed by atoms with van der Waals surface area (Å²) in [7, 11) is 1.58. The Balaban J connectivity index is 1.60. The van der Waals surface area contributed by atoms with Gasteiger partial charge in [0.1, 0.15) is 11.6 Å². The van der Waals surface area contributed by atoms with Crippen LogP contribution in [0.4, 0.5) is 4.39 Å². The Morgan fingerprint density at radius 2 is 2.00 bits per heavy atom. The number of nitrogens with zero attached hydrogens (tertiary/aromatic N) is 2. The fourth-order valence-electron chi connectivity index (χ4n) is 3.04. The molecule has 0 fully saturated rings. The Labute approximate surface area is 160 Å². The number of halogens is 1. The summed E-state index contributed by atoms with van der Waals surface area (Å²) in [6.45, 7) is 1.80. The number of ketones is 1. The van der Waals surface area contributed by atoms with Crippen LogP contribution in [0.2, 0.25) is 0 Å². The number of para-hydroxylation sites is 1. The summed E-state index contributed by atoms with van der Waals surface area (Å²) in [5, 5.41) is 5.14. The van der Waals surface area contributed by atoms with E-state index in [1.807, 2.05) is 24.3 Å². The molecule has 0 atom stereocenters. The monoisotopic (exact) mass is 376 g/mol. The zero-order chi connectivity index (χ0) is 19.7. The van der Waals surface area contributed by atoms with Crippen LogP contribution in [0.3, 0.4) is 0 Å². The van der Waals surface area contributed by atoms with Crippen LogP contribution in [0.1, 0.15) is 21.8 Å². The third-order valence-electron chi connectivity index (χ3n) is 4.49. The van der Waals surface area contributed by atoms with Crippen molar-refractivity contribution in [1.82, 2.24) is 9.78 Å². The highest BCUT2D eigenvalue weighted by atomic mass is 19.1. The van der Waals surface area contributed by atoms with Crippen LogP contribution in [0.15, 0.2) is 65.2 Å². The molecule has 140 valence electrons. The second-order valence-corrected chi connectivity index (χ2v) is 6.26. The number of benzene rings is 2. The molecule has 4 aromatic rings. The van der Waals surface area contributed by atoms with Gasteiger partial charge in [-0.1, -0.05) is 12.1 Å². The lowest BCUT2D eigenvalue weighted by atomic mass is 10.1. The van der Waals surface area contributed by atoms with Crippen LogP contribution < -0.4 is 4.74 Å². The first-order valence-corrected chi connectivity index (χ1v) is 8.66. The number of ether oxygens (including phenoxy) is 1. The number of carbonyl (C=O) groups excluding carboxylic acids is 1. The van der Waals surface area contributed by atoms with Gasteiger partial charge in [0.2, 0.25) is 0 Å². The number of furan rings is 1. The van der Waals surface area contributed by atoms with Gasteiger partial charge in [-0.25, -0.2) is 9.07 Å². The number of hydrogen-bond donors (Lipinski definition) is 0. The van der Waals surface area contributed by atoms with Crippen molar-refractivity contribution in [2.75, 3.05) is 7.11 Å². The zero-order valence-corrected chi connectivity index (χ0v) is 15.3. The lowest BCUT2D eigenvalue weighted by Crippen LogP contribution is -2.01. The van der Waals surface area contributed by atoms with Gasteiger partial charge < -0.3 is 9.15 Å². The normalized spacial score (nSPS) is 11.4. The molecule has 0 aliphatic rings. The van der Waals surface area contributed by atoms with Crippen LogP contribution in [-0.2, 0) is 0 Å². The number of aromatic nitrogens is 2. The maximum atomic E-state index is 13.1. The average Bonchev–Trinajstić information content (AvgIpc) is 3.30. The number of carbonyl (C=O) groups is 1. The van der Waals surface area contributed by atoms with E-state index in [0.29, 0.717) is 34.0 Å². The fourth-order valence-corrected chi connectivity index (χ4v) is 3.04. The summed E-state index contributed by atoms with van der Waals surface area (Å²) < 4.78 is 25.8. The summed E-state index contributed by atoms with van der Waals surface area (Å²) >= 11 is 0. The molecule has 0 saturated carbocycles. The molecule has 2 heterocycles. The molecule has 2 aromatic heterocycles. The Kier molecular flexibility index (Phi) is 4.53. The molecule has 5 nitrogen and oxygen atoms in total. The van der Waals surface area contributed by atoms with Gasteiger partial charge in [-0.2, -0.15) is 5.10 Å². The lowest BCUT2D eigenvalue weighted by Gasteiger charge is -2.04. The maximum Gasteiger partial charge on any atom is 0.189 e. The minimum Gasteiger partial charge on any atom is -0.493 e. The quantitative estimate of drug-likeness (QED) is 0.364. The van der Waals surface area contributed by atoms with Crippen LogP contribution in [-0.4, -0.2) is 22.7 Å². The number of rotatable bonds is 5. The molecule has 0 N–H and O–H groups in total. The summed E-state index contributed by atoms with van der Waals surface area (Å²) in [6.07, 6.45) is 4.58. The molecular formula is C22H17FN2O3. The van der Waals surface area contributed by atoms with Gasteiger partial charge in [-0.05, 0) is 55.5 Å². The molecule has 0 bridgehead atoms. The second-order valence-electron chi connectivity index (χ2n) is 6.26. The first kappa shape index (κ1) is 17.7. The van der Waals surface area contributed by atoms with Crippen LogP contribution in [0.25, 0.3) is 22.7 Å². The largest absolute Gasteiger partial charge is 0.493 e. The van der Waals surface area contributed by atoms with E-state index in [1.54, 1.807) is 36.9 Å². The minimum absolute atomic E-state index is 0.196. The third kappa shape index (κ3) is 3.20. The van der Waals surface area contributed by atoms with Gasteiger partial charge in [-0.15, -0.1) is 0 Å². The van der Waals surface area contributed by atoms with E-state index in [0.717, 1.165) is 5.39 Å². The second kappa shape index (κ2) is 7.15. The van der Waals surface area contributed by atoms with Gasteiger partial charge in [0.25, 0.3) is 0 Å². The van der Waals surface area contributed by atoms with Crippen molar-refractivity contribution >= 4 is 22.8 Å². The predicted octanol–water partition coefficient (Wildman–Crippen LogP) is 4.97. The van der Waals surface area contributed by atoms with E-state index >= 15 is 0 Å². The van der Waals surface area contributed by atoms with E-state index < -0.39 is 0 Å². The Hall–Kier alpha value is -3.67. The third-order valence-corrected chi connectivity index (χ3v) is 4.49. The highest BCUT2D eigenvalue weighted by Crippen LogP contribution is 2.29. The fraction of sp³-hybridized carbons (Fsp3) is 0.0909. The van der Waals surface area contributed by atoms with E-state index in [2.05, 4.69) is 5.10 Å². The van der Waals surface area contributed by atoms with Crippen molar-refractivity contribution in [1.29, 1.82) is 0 Å². The van der Waals surface area contributed by atoms with Crippen molar-refractivity contribution < 1.29 is 18.3 Å². The maximum absolute atomic E-state index is 13.1. The van der Waals surface area contributed by atoms with Gasteiger partial charge >= 0.3 is 0 Å². The SMILES string of the molecule is COc1cccc2cc(/C=C/C(=O)c3cnn(-c4ccc(F)cc4)c3C)oc12. The van der Waals surface area contributed by atoms with Gasteiger partial charge in [0.05, 0.1) is 30.3 Å². The highest BCUT2D eigenvalue weighted by molar-refractivity contribution is 6.07. The molecule has 0 spiro atoms. The minimum atomic E-state index is -0.324. The first-order valence-electron chi connectivity index (χ1n) is 8.66. The van der Waals surface area contributed by atoms with Crippen molar-refractivity contribution in [3.63, 3.8) is 0 Å². The van der Waals surface area contributed by atoms with Crippen molar-refractivity contribution in [3.05, 3.63) is 83.6 Å². The Bertz CT molecular complexity index is 1190. The van der Waals surface area contributed by atoms with E-state index in [4.69, 9.17) is 9.15 Å². The first-order chi connectivity index (χ1) is 13.6. The summed E-state index contributed by atoms with van der Waals surface area (Å²) in [5.41, 5.74) is 2.46. The molecular weight excluding hydrogens is 359 g/mol. The predicted molar refractivity (Wildman–Crippen MR) is 104 cm³/mol. The van der Waals surface area contributed by atoms with Crippen LogP contribution in [0.5, 0.6) is 5.75 Å². The number of allylic oxidation sites excluding steroid dienone is 1. The summed E-state index contributed by atoms with van der Waals surface area (Å²) in [6, 6.07) is 13.4.